The molecule has 2 unspecified atom stereocenters. The Morgan fingerprint density at radius 3 is 2.37 bits per heavy atom. The average Bonchev–Trinajstić information content (AvgIpc) is 3.34. The topological polar surface area (TPSA) is 188 Å². The lowest BCUT2D eigenvalue weighted by Gasteiger charge is -2.56. The van der Waals surface area contributed by atoms with E-state index in [4.69, 9.17) is 10.2 Å². The van der Waals surface area contributed by atoms with Crippen LogP contribution in [0.2, 0.25) is 0 Å². The molecule has 1 heterocycles. The number of fused-ring (bicyclic) bond motifs is 4. The lowest BCUT2D eigenvalue weighted by Crippen LogP contribution is -2.77. The third kappa shape index (κ3) is 3.39. The number of hydrogen-bond donors (Lipinski definition) is 4. The van der Waals surface area contributed by atoms with E-state index in [0.29, 0.717) is 22.5 Å². The Morgan fingerprint density at radius 2 is 1.73 bits per heavy atom. The van der Waals surface area contributed by atoms with Gasteiger partial charge in [0, 0.05) is 16.9 Å². The highest BCUT2D eigenvalue weighted by molar-refractivity contribution is 6.32. The van der Waals surface area contributed by atoms with Gasteiger partial charge in [-0.3, -0.25) is 28.9 Å². The largest absolute Gasteiger partial charge is 0.507 e. The first kappa shape index (κ1) is 27.0. The number of ketones is 4. The number of likely N-dealkylation sites (N-methyl/N-ethyl adjacent to an activating group) is 1. The summed E-state index contributed by atoms with van der Waals surface area (Å²) in [5, 5.41) is 35.2. The summed E-state index contributed by atoms with van der Waals surface area (Å²) >= 11 is 0. The number of nitrogens with zero attached hydrogens (tertiary/aromatic N) is 1. The Morgan fingerprint density at radius 1 is 1.05 bits per heavy atom. The van der Waals surface area contributed by atoms with Crippen LogP contribution in [-0.2, 0) is 19.2 Å². The number of phenols is 1. The van der Waals surface area contributed by atoms with Crippen molar-refractivity contribution in [1.29, 1.82) is 0 Å². The number of phenolic OH excluding ortho intramolecular Hbond substituents is 1. The molecule has 3 aliphatic carbocycles. The number of amides is 1. The van der Waals surface area contributed by atoms with E-state index in [9.17, 15) is 39.3 Å². The Hall–Kier alpha value is -4.19. The zero-order valence-corrected chi connectivity index (χ0v) is 22.4. The maximum absolute atomic E-state index is 14.1. The zero-order chi connectivity index (χ0) is 29.7. The number of carbonyl (C=O) groups excluding carboxylic acids is 5. The molecular formula is C30H28N2O9. The molecule has 5 N–H and O–H groups in total. The lowest BCUT2D eigenvalue weighted by atomic mass is 9.49. The van der Waals surface area contributed by atoms with Crippen molar-refractivity contribution < 1.29 is 43.7 Å². The van der Waals surface area contributed by atoms with Crippen molar-refractivity contribution in [3.05, 3.63) is 53.6 Å². The van der Waals surface area contributed by atoms with Gasteiger partial charge < -0.3 is 25.5 Å². The zero-order valence-electron chi connectivity index (χ0n) is 22.4. The van der Waals surface area contributed by atoms with E-state index in [1.807, 2.05) is 12.1 Å². The van der Waals surface area contributed by atoms with E-state index in [2.05, 4.69) is 0 Å². The third-order valence-electron chi connectivity index (χ3n) is 9.16. The first-order valence-electron chi connectivity index (χ1n) is 13.2. The van der Waals surface area contributed by atoms with Crippen LogP contribution in [0.1, 0.15) is 28.8 Å². The normalized spacial score (nSPS) is 33.1. The van der Waals surface area contributed by atoms with Crippen LogP contribution in [0.5, 0.6) is 5.75 Å². The second-order valence-corrected chi connectivity index (χ2v) is 11.4. The number of hydrogen-bond acceptors (Lipinski definition) is 10. The van der Waals surface area contributed by atoms with Gasteiger partial charge in [0.25, 0.3) is 0 Å². The number of rotatable bonds is 3. The number of nitrogens with two attached hydrogens (primary N) is 1. The molecule has 1 aromatic heterocycles. The van der Waals surface area contributed by atoms with Crippen molar-refractivity contribution >= 4 is 40.0 Å². The lowest BCUT2D eigenvalue weighted by molar-refractivity contribution is -0.196. The Labute approximate surface area is 233 Å². The highest BCUT2D eigenvalue weighted by atomic mass is 16.3. The first-order valence-corrected chi connectivity index (χ1v) is 13.2. The van der Waals surface area contributed by atoms with E-state index < -0.39 is 82.1 Å². The number of primary amides is 1. The number of para-hydroxylation sites is 1. The van der Waals surface area contributed by atoms with E-state index in [1.54, 1.807) is 31.2 Å². The molecule has 2 fully saturated rings. The Balaban J connectivity index is 1.57. The van der Waals surface area contributed by atoms with Crippen molar-refractivity contribution in [3.63, 3.8) is 0 Å². The van der Waals surface area contributed by atoms with Crippen LogP contribution in [0.15, 0.2) is 46.9 Å². The second-order valence-electron chi connectivity index (χ2n) is 11.4. The predicted octanol–water partition coefficient (Wildman–Crippen LogP) is 0.812. The summed E-state index contributed by atoms with van der Waals surface area (Å²) in [6.45, 7) is 1.67. The molecule has 212 valence electrons. The average molecular weight is 561 g/mol. The molecule has 0 aliphatic heterocycles. The van der Waals surface area contributed by atoms with Crippen LogP contribution in [0.4, 0.5) is 0 Å². The molecule has 0 bridgehead atoms. The maximum atomic E-state index is 14.1. The van der Waals surface area contributed by atoms with Gasteiger partial charge in [-0.15, -0.1) is 0 Å². The summed E-state index contributed by atoms with van der Waals surface area (Å²) in [4.78, 5) is 68.4. The minimum atomic E-state index is -3.04. The quantitative estimate of drug-likeness (QED) is 0.334. The molecule has 8 atom stereocenters. The number of aromatic hydroxyl groups is 1. The fourth-order valence-electron chi connectivity index (χ4n) is 7.40. The number of aliphatic hydroxyl groups is 2. The number of aliphatic hydroxyl groups excluding tert-OH is 1. The molecule has 0 radical (unpaired) electrons. The highest BCUT2D eigenvalue weighted by Crippen LogP contribution is 2.56. The molecule has 0 saturated heterocycles. The van der Waals surface area contributed by atoms with Crippen molar-refractivity contribution in [2.24, 2.45) is 29.4 Å². The van der Waals surface area contributed by atoms with E-state index >= 15 is 0 Å². The summed E-state index contributed by atoms with van der Waals surface area (Å²) in [7, 11) is 2.89. The summed E-state index contributed by atoms with van der Waals surface area (Å²) in [5.74, 6) is -13.4. The van der Waals surface area contributed by atoms with E-state index in [-0.39, 0.29) is 5.56 Å². The van der Waals surface area contributed by atoms with Crippen molar-refractivity contribution in [2.75, 3.05) is 14.1 Å². The molecule has 11 heteroatoms. The molecule has 1 amide bonds. The van der Waals surface area contributed by atoms with Crippen molar-refractivity contribution in [2.45, 2.75) is 30.6 Å². The van der Waals surface area contributed by atoms with E-state index in [0.717, 1.165) is 5.39 Å². The number of Topliss-reactive ketones (excluding diaryl/α,β-unsaturated/α-hetero) is 4. The summed E-state index contributed by atoms with van der Waals surface area (Å²) < 4.78 is 6.04. The minimum absolute atomic E-state index is 0.186. The fourth-order valence-corrected chi connectivity index (χ4v) is 7.40. The van der Waals surface area contributed by atoms with E-state index in [1.165, 1.54) is 25.1 Å². The van der Waals surface area contributed by atoms with Gasteiger partial charge in [0.05, 0.1) is 29.5 Å². The molecular weight excluding hydrogens is 532 g/mol. The Bertz CT molecular complexity index is 1660. The maximum Gasteiger partial charge on any atom is 0.235 e. The predicted molar refractivity (Wildman–Crippen MR) is 143 cm³/mol. The van der Waals surface area contributed by atoms with Gasteiger partial charge in [-0.25, -0.2) is 0 Å². The van der Waals surface area contributed by atoms with Gasteiger partial charge in [-0.05, 0) is 49.8 Å². The van der Waals surface area contributed by atoms with Crippen molar-refractivity contribution in [1.82, 2.24) is 4.90 Å². The molecule has 41 heavy (non-hydrogen) atoms. The standard InChI is InChI=1S/C30H28N2O9/c1-11-17-13(16-10-12-6-4-5-7-15(12)41-16)8-9-14(33)19(17)24(34)20-18(11)25(35)22-23(32(2)3)26(36)21(29(31)39)28(38)30(22,40)27(20)37/h4-11,18,20-23,25,33,35,40H,1-3H3,(H2,31,39)/t11-,18+,20?,21?,22+,23-,25-,30-/m0/s1. The van der Waals surface area contributed by atoms with Gasteiger partial charge in [-0.1, -0.05) is 25.1 Å². The molecule has 3 aliphatic rings. The van der Waals surface area contributed by atoms with Gasteiger partial charge >= 0.3 is 0 Å². The molecule has 2 aromatic carbocycles. The SMILES string of the molecule is C[C@H]1c2c(-c3cc4ccccc4o3)ccc(O)c2C(=O)C2C(=O)[C@]3(O)C(=O)C(C(N)=O)C(=O)[C@@H](N(C)C)[C@@H]3[C@@H](O)[C@@H]21. The van der Waals surface area contributed by atoms with Gasteiger partial charge in [0.15, 0.2) is 34.7 Å². The fraction of sp³-hybridized carbons (Fsp3) is 0.367. The smallest absolute Gasteiger partial charge is 0.235 e. The van der Waals surface area contributed by atoms with Crippen LogP contribution in [-0.4, -0.2) is 81.1 Å². The molecule has 0 spiro atoms. The van der Waals surface area contributed by atoms with Gasteiger partial charge in [0.1, 0.15) is 17.1 Å². The number of furan rings is 1. The van der Waals surface area contributed by atoms with Gasteiger partial charge in [-0.2, -0.15) is 0 Å². The molecule has 6 rings (SSSR count). The molecule has 2 saturated carbocycles. The van der Waals surface area contributed by atoms with Crippen LogP contribution >= 0.6 is 0 Å². The molecule has 11 nitrogen and oxygen atoms in total. The van der Waals surface area contributed by atoms with Gasteiger partial charge in [0.2, 0.25) is 5.91 Å². The third-order valence-corrected chi connectivity index (χ3v) is 9.16. The minimum Gasteiger partial charge on any atom is -0.507 e. The number of carbonyl (C=O) groups is 5. The summed E-state index contributed by atoms with van der Waals surface area (Å²) in [6.07, 6.45) is -1.71. The summed E-state index contributed by atoms with van der Waals surface area (Å²) in [6, 6.07) is 10.5. The van der Waals surface area contributed by atoms with Crippen LogP contribution in [0.25, 0.3) is 22.3 Å². The number of benzene rings is 2. The Kier molecular flexibility index (Phi) is 5.86. The highest BCUT2D eigenvalue weighted by Gasteiger charge is 2.73. The second kappa shape index (κ2) is 8.90. The molecule has 3 aromatic rings. The van der Waals surface area contributed by atoms with Crippen LogP contribution in [0.3, 0.4) is 0 Å². The van der Waals surface area contributed by atoms with Crippen LogP contribution < -0.4 is 5.73 Å². The first-order chi connectivity index (χ1) is 19.3. The van der Waals surface area contributed by atoms with Crippen molar-refractivity contribution in [3.8, 4) is 17.1 Å². The van der Waals surface area contributed by atoms with Crippen LogP contribution in [0, 0.1) is 23.7 Å². The monoisotopic (exact) mass is 560 g/mol. The summed E-state index contributed by atoms with van der Waals surface area (Å²) in [5.41, 5.74) is 3.50.